The van der Waals surface area contributed by atoms with E-state index in [0.29, 0.717) is 10.9 Å². The summed E-state index contributed by atoms with van der Waals surface area (Å²) in [5.74, 6) is 4.94. The van der Waals surface area contributed by atoms with Crippen LogP contribution in [0.3, 0.4) is 0 Å². The van der Waals surface area contributed by atoms with E-state index in [-0.39, 0.29) is 17.2 Å². The van der Waals surface area contributed by atoms with Crippen LogP contribution in [0.25, 0.3) is 0 Å². The smallest absolute Gasteiger partial charge is 0.310 e. The zero-order valence-corrected chi connectivity index (χ0v) is 13.5. The number of rotatable bonds is 1. The standard InChI is InChI=1S/C15H14BrF3N2O/c1-9(2)4-3-7-14(15(17,18)19)11-6-5-10(16)8-12(11)20-13(22)21-14/h5-6,8-9H,4H2,1-2H3,(H2,20,21,22). The molecule has 0 aliphatic carbocycles. The Morgan fingerprint density at radius 2 is 2.05 bits per heavy atom. The van der Waals surface area contributed by atoms with Crippen LogP contribution in [0.5, 0.6) is 0 Å². The van der Waals surface area contributed by atoms with Crippen molar-refractivity contribution in [2.24, 2.45) is 5.92 Å². The van der Waals surface area contributed by atoms with E-state index in [1.807, 2.05) is 19.2 Å². The van der Waals surface area contributed by atoms with Gasteiger partial charge in [-0.15, -0.1) is 0 Å². The molecule has 1 aliphatic rings. The first-order valence-corrected chi connectivity index (χ1v) is 7.41. The van der Waals surface area contributed by atoms with Crippen LogP contribution in [0.2, 0.25) is 0 Å². The fraction of sp³-hybridized carbons (Fsp3) is 0.400. The van der Waals surface area contributed by atoms with Crippen molar-refractivity contribution in [2.75, 3.05) is 5.32 Å². The molecule has 1 atom stereocenters. The van der Waals surface area contributed by atoms with E-state index in [2.05, 4.69) is 33.1 Å². The van der Waals surface area contributed by atoms with Crippen LogP contribution in [-0.4, -0.2) is 12.2 Å². The molecule has 3 nitrogen and oxygen atoms in total. The minimum Gasteiger partial charge on any atom is -0.310 e. The third-order valence-electron chi connectivity index (χ3n) is 3.15. The molecule has 1 heterocycles. The number of carbonyl (C=O) groups excluding carboxylic acids is 1. The monoisotopic (exact) mass is 374 g/mol. The van der Waals surface area contributed by atoms with Crippen molar-refractivity contribution in [2.45, 2.75) is 32.0 Å². The lowest BCUT2D eigenvalue weighted by Gasteiger charge is -2.37. The molecule has 2 rings (SSSR count). The predicted octanol–water partition coefficient (Wildman–Crippen LogP) is 4.39. The van der Waals surface area contributed by atoms with Gasteiger partial charge in [0.15, 0.2) is 0 Å². The zero-order valence-electron chi connectivity index (χ0n) is 11.9. The van der Waals surface area contributed by atoms with Gasteiger partial charge in [-0.05, 0) is 18.1 Å². The topological polar surface area (TPSA) is 41.1 Å². The summed E-state index contributed by atoms with van der Waals surface area (Å²) in [5.41, 5.74) is -2.71. The van der Waals surface area contributed by atoms with E-state index in [0.717, 1.165) is 0 Å². The molecule has 1 aromatic rings. The Balaban J connectivity index is 2.63. The Hall–Kier alpha value is -1.68. The second-order valence-corrected chi connectivity index (χ2v) is 6.33. The maximum Gasteiger partial charge on any atom is 0.427 e. The summed E-state index contributed by atoms with van der Waals surface area (Å²) in [6.45, 7) is 3.72. The molecule has 0 radical (unpaired) electrons. The van der Waals surface area contributed by atoms with Crippen LogP contribution < -0.4 is 10.6 Å². The number of halogens is 4. The summed E-state index contributed by atoms with van der Waals surface area (Å²) in [6.07, 6.45) is -4.43. The van der Waals surface area contributed by atoms with Gasteiger partial charge in [-0.25, -0.2) is 4.79 Å². The van der Waals surface area contributed by atoms with E-state index in [4.69, 9.17) is 0 Å². The fourth-order valence-electron chi connectivity index (χ4n) is 2.12. The highest BCUT2D eigenvalue weighted by atomic mass is 79.9. The number of fused-ring (bicyclic) bond motifs is 1. The van der Waals surface area contributed by atoms with E-state index >= 15 is 0 Å². The molecule has 0 fully saturated rings. The molecule has 0 aromatic heterocycles. The Labute approximate surface area is 134 Å². The van der Waals surface area contributed by atoms with Crippen LogP contribution in [0.4, 0.5) is 23.7 Å². The zero-order chi connectivity index (χ0) is 16.5. The summed E-state index contributed by atoms with van der Waals surface area (Å²) in [5, 5.41) is 4.33. The number of amides is 2. The number of carbonyl (C=O) groups is 1. The van der Waals surface area contributed by atoms with Gasteiger partial charge in [-0.2, -0.15) is 13.2 Å². The molecule has 0 saturated carbocycles. The van der Waals surface area contributed by atoms with Crippen molar-refractivity contribution < 1.29 is 18.0 Å². The van der Waals surface area contributed by atoms with Gasteiger partial charge in [0.1, 0.15) is 0 Å². The first-order chi connectivity index (χ1) is 10.2. The minimum atomic E-state index is -4.74. The quantitative estimate of drug-likeness (QED) is 0.703. The Bertz CT molecular complexity index is 661. The van der Waals surface area contributed by atoms with Crippen molar-refractivity contribution in [3.8, 4) is 11.8 Å². The maximum absolute atomic E-state index is 13.7. The molecule has 1 aliphatic heterocycles. The molecular weight excluding hydrogens is 361 g/mol. The van der Waals surface area contributed by atoms with Gasteiger partial charge in [0.25, 0.3) is 0 Å². The highest BCUT2D eigenvalue weighted by Crippen LogP contribution is 2.44. The number of alkyl halides is 3. The fourth-order valence-corrected chi connectivity index (χ4v) is 2.48. The normalized spacial score (nSPS) is 20.6. The van der Waals surface area contributed by atoms with Gasteiger partial charge in [0.05, 0.1) is 5.69 Å². The molecule has 2 N–H and O–H groups in total. The maximum atomic E-state index is 13.7. The molecule has 1 unspecified atom stereocenters. The molecule has 0 bridgehead atoms. The highest BCUT2D eigenvalue weighted by Gasteiger charge is 2.59. The van der Waals surface area contributed by atoms with Crippen molar-refractivity contribution in [1.82, 2.24) is 5.32 Å². The predicted molar refractivity (Wildman–Crippen MR) is 81.3 cm³/mol. The van der Waals surface area contributed by atoms with Gasteiger partial charge in [-0.1, -0.05) is 47.7 Å². The van der Waals surface area contributed by atoms with Crippen LogP contribution >= 0.6 is 15.9 Å². The summed E-state index contributed by atoms with van der Waals surface area (Å²) in [6, 6.07) is 3.30. The number of urea groups is 1. The lowest BCUT2D eigenvalue weighted by molar-refractivity contribution is -0.178. The Morgan fingerprint density at radius 1 is 1.36 bits per heavy atom. The van der Waals surface area contributed by atoms with E-state index in [1.54, 1.807) is 0 Å². The average Bonchev–Trinajstić information content (AvgIpc) is 2.35. The van der Waals surface area contributed by atoms with Crippen LogP contribution in [0.15, 0.2) is 22.7 Å². The first-order valence-electron chi connectivity index (χ1n) is 6.61. The van der Waals surface area contributed by atoms with Gasteiger partial charge in [-0.3, -0.25) is 0 Å². The second kappa shape index (κ2) is 5.84. The van der Waals surface area contributed by atoms with Gasteiger partial charge in [0, 0.05) is 16.5 Å². The van der Waals surface area contributed by atoms with Crippen molar-refractivity contribution in [3.63, 3.8) is 0 Å². The number of benzene rings is 1. The van der Waals surface area contributed by atoms with Gasteiger partial charge < -0.3 is 10.6 Å². The molecule has 118 valence electrons. The molecular formula is C15H14BrF3N2O. The van der Waals surface area contributed by atoms with Crippen LogP contribution in [0, 0.1) is 17.8 Å². The lowest BCUT2D eigenvalue weighted by Crippen LogP contribution is -2.59. The summed E-state index contributed by atoms with van der Waals surface area (Å²) < 4.78 is 41.7. The number of anilines is 1. The number of nitrogens with one attached hydrogen (secondary N) is 2. The number of hydrogen-bond acceptors (Lipinski definition) is 1. The van der Waals surface area contributed by atoms with E-state index in [9.17, 15) is 18.0 Å². The molecule has 2 amide bonds. The third kappa shape index (κ3) is 3.07. The summed E-state index contributed by atoms with van der Waals surface area (Å²) in [7, 11) is 0. The van der Waals surface area contributed by atoms with Gasteiger partial charge in [0.2, 0.25) is 5.54 Å². The number of hydrogen-bond donors (Lipinski definition) is 2. The van der Waals surface area contributed by atoms with Crippen molar-refractivity contribution in [1.29, 1.82) is 0 Å². The average molecular weight is 375 g/mol. The van der Waals surface area contributed by atoms with E-state index < -0.39 is 17.7 Å². The first kappa shape index (κ1) is 16.7. The molecule has 1 aromatic carbocycles. The summed E-state index contributed by atoms with van der Waals surface area (Å²) >= 11 is 3.18. The summed E-state index contributed by atoms with van der Waals surface area (Å²) in [4.78, 5) is 11.7. The van der Waals surface area contributed by atoms with Gasteiger partial charge >= 0.3 is 12.2 Å². The Morgan fingerprint density at radius 3 is 2.64 bits per heavy atom. The molecule has 0 spiro atoms. The molecule has 7 heteroatoms. The van der Waals surface area contributed by atoms with E-state index in [1.165, 1.54) is 18.2 Å². The molecule has 22 heavy (non-hydrogen) atoms. The molecule has 0 saturated heterocycles. The SMILES string of the molecule is CC(C)CC#CC1(C(F)(F)F)NC(=O)Nc2cc(Br)ccc21. The largest absolute Gasteiger partial charge is 0.427 e. The second-order valence-electron chi connectivity index (χ2n) is 5.42. The Kier molecular flexibility index (Phi) is 4.43. The third-order valence-corrected chi connectivity index (χ3v) is 3.64. The van der Waals surface area contributed by atoms with Crippen molar-refractivity contribution in [3.05, 3.63) is 28.2 Å². The lowest BCUT2D eigenvalue weighted by atomic mass is 9.86. The van der Waals surface area contributed by atoms with Crippen molar-refractivity contribution >= 4 is 27.6 Å². The minimum absolute atomic E-state index is 0.0919. The highest BCUT2D eigenvalue weighted by molar-refractivity contribution is 9.10. The van der Waals surface area contributed by atoms with Crippen LogP contribution in [-0.2, 0) is 5.54 Å². The van der Waals surface area contributed by atoms with Crippen LogP contribution in [0.1, 0.15) is 25.8 Å².